The molecule has 1 aromatic rings. The first-order valence-electron chi connectivity index (χ1n) is 4.91. The van der Waals surface area contributed by atoms with E-state index in [0.717, 1.165) is 0 Å². The molecule has 0 atom stereocenters. The molecule has 0 N–H and O–H groups in total. The van der Waals surface area contributed by atoms with Gasteiger partial charge in [-0.05, 0) is 13.8 Å². The van der Waals surface area contributed by atoms with Crippen LogP contribution in [0.5, 0.6) is 0 Å². The lowest BCUT2D eigenvalue weighted by Gasteiger charge is -2.03. The lowest BCUT2D eigenvalue weighted by atomic mass is 10.1. The standard InChI is InChI=1S/C11H14O5/c1-4-15-11(13)10-7(2)16-6-8(10)5-9(12)14-3/h6H,4-5H2,1-3H3. The molecule has 88 valence electrons. The second kappa shape index (κ2) is 5.34. The molecular weight excluding hydrogens is 212 g/mol. The molecule has 0 amide bonds. The van der Waals surface area contributed by atoms with Gasteiger partial charge in [-0.3, -0.25) is 4.79 Å². The lowest BCUT2D eigenvalue weighted by molar-refractivity contribution is -0.139. The number of furan rings is 1. The van der Waals surface area contributed by atoms with Gasteiger partial charge in [0, 0.05) is 5.56 Å². The van der Waals surface area contributed by atoms with Crippen molar-refractivity contribution in [3.63, 3.8) is 0 Å². The minimum Gasteiger partial charge on any atom is -0.469 e. The van der Waals surface area contributed by atoms with E-state index < -0.39 is 11.9 Å². The molecule has 1 heterocycles. The molecule has 0 unspecified atom stereocenters. The molecule has 0 spiro atoms. The smallest absolute Gasteiger partial charge is 0.341 e. The summed E-state index contributed by atoms with van der Waals surface area (Å²) in [4.78, 5) is 22.7. The molecule has 5 nitrogen and oxygen atoms in total. The van der Waals surface area contributed by atoms with E-state index in [-0.39, 0.29) is 13.0 Å². The Balaban J connectivity index is 2.93. The van der Waals surface area contributed by atoms with E-state index in [1.165, 1.54) is 13.4 Å². The summed E-state index contributed by atoms with van der Waals surface area (Å²) in [5.41, 5.74) is 0.801. The average molecular weight is 226 g/mol. The van der Waals surface area contributed by atoms with Gasteiger partial charge in [0.1, 0.15) is 11.3 Å². The zero-order valence-electron chi connectivity index (χ0n) is 9.53. The summed E-state index contributed by atoms with van der Waals surface area (Å²) in [6.07, 6.45) is 1.38. The maximum atomic E-state index is 11.6. The quantitative estimate of drug-likeness (QED) is 0.727. The molecule has 0 aliphatic carbocycles. The molecule has 0 saturated carbocycles. The van der Waals surface area contributed by atoms with Gasteiger partial charge in [0.2, 0.25) is 0 Å². The Morgan fingerprint density at radius 1 is 1.44 bits per heavy atom. The van der Waals surface area contributed by atoms with E-state index in [2.05, 4.69) is 4.74 Å². The maximum Gasteiger partial charge on any atom is 0.341 e. The van der Waals surface area contributed by atoms with Crippen LogP contribution in [0.15, 0.2) is 10.7 Å². The van der Waals surface area contributed by atoms with Crippen molar-refractivity contribution in [2.24, 2.45) is 0 Å². The first kappa shape index (κ1) is 12.3. The van der Waals surface area contributed by atoms with Crippen LogP contribution in [0.4, 0.5) is 0 Å². The molecule has 0 radical (unpaired) electrons. The zero-order chi connectivity index (χ0) is 12.1. The van der Waals surface area contributed by atoms with Gasteiger partial charge in [0.05, 0.1) is 26.4 Å². The third-order valence-electron chi connectivity index (χ3n) is 2.09. The van der Waals surface area contributed by atoms with Gasteiger partial charge >= 0.3 is 11.9 Å². The Kier molecular flexibility index (Phi) is 4.10. The fourth-order valence-electron chi connectivity index (χ4n) is 1.34. The highest BCUT2D eigenvalue weighted by atomic mass is 16.5. The molecule has 0 aliphatic heterocycles. The fourth-order valence-corrected chi connectivity index (χ4v) is 1.34. The summed E-state index contributed by atoms with van der Waals surface area (Å²) in [6.45, 7) is 3.64. The van der Waals surface area contributed by atoms with Crippen LogP contribution in [0.25, 0.3) is 0 Å². The van der Waals surface area contributed by atoms with Crippen LogP contribution in [0.2, 0.25) is 0 Å². The first-order chi connectivity index (χ1) is 7.60. The van der Waals surface area contributed by atoms with Crippen molar-refractivity contribution in [1.29, 1.82) is 0 Å². The Bertz CT molecular complexity index is 391. The number of aryl methyl sites for hydroxylation is 1. The molecule has 1 rings (SSSR count). The molecule has 0 fully saturated rings. The third kappa shape index (κ3) is 2.62. The average Bonchev–Trinajstić information content (AvgIpc) is 2.60. The number of methoxy groups -OCH3 is 1. The van der Waals surface area contributed by atoms with Gasteiger partial charge in [-0.1, -0.05) is 0 Å². The predicted octanol–water partition coefficient (Wildman–Crippen LogP) is 1.48. The Labute approximate surface area is 93.3 Å². The molecule has 0 aromatic carbocycles. The molecule has 5 heteroatoms. The Morgan fingerprint density at radius 2 is 2.12 bits per heavy atom. The lowest BCUT2D eigenvalue weighted by Crippen LogP contribution is -2.11. The van der Waals surface area contributed by atoms with E-state index in [0.29, 0.717) is 16.9 Å². The second-order valence-corrected chi connectivity index (χ2v) is 3.17. The van der Waals surface area contributed by atoms with Crippen LogP contribution in [-0.4, -0.2) is 25.7 Å². The normalized spacial score (nSPS) is 9.94. The highest BCUT2D eigenvalue weighted by Crippen LogP contribution is 2.18. The summed E-state index contributed by atoms with van der Waals surface area (Å²) >= 11 is 0. The van der Waals surface area contributed by atoms with Gasteiger partial charge in [-0.25, -0.2) is 4.79 Å². The van der Waals surface area contributed by atoms with E-state index in [4.69, 9.17) is 9.15 Å². The summed E-state index contributed by atoms with van der Waals surface area (Å²) in [7, 11) is 1.29. The van der Waals surface area contributed by atoms with Crippen molar-refractivity contribution in [3.8, 4) is 0 Å². The van der Waals surface area contributed by atoms with Crippen molar-refractivity contribution in [2.75, 3.05) is 13.7 Å². The van der Waals surface area contributed by atoms with Gasteiger partial charge in [0.15, 0.2) is 0 Å². The van der Waals surface area contributed by atoms with Crippen molar-refractivity contribution >= 4 is 11.9 Å². The van der Waals surface area contributed by atoms with Gasteiger partial charge in [-0.2, -0.15) is 0 Å². The number of rotatable bonds is 4. The van der Waals surface area contributed by atoms with Gasteiger partial charge < -0.3 is 13.9 Å². The molecular formula is C11H14O5. The van der Waals surface area contributed by atoms with Crippen LogP contribution >= 0.6 is 0 Å². The minimum atomic E-state index is -0.479. The number of carbonyl (C=O) groups excluding carboxylic acids is 2. The fraction of sp³-hybridized carbons (Fsp3) is 0.455. The predicted molar refractivity (Wildman–Crippen MR) is 55.1 cm³/mol. The number of hydrogen-bond acceptors (Lipinski definition) is 5. The van der Waals surface area contributed by atoms with E-state index in [9.17, 15) is 9.59 Å². The third-order valence-corrected chi connectivity index (χ3v) is 2.09. The van der Waals surface area contributed by atoms with Crippen LogP contribution in [0.1, 0.15) is 28.6 Å². The minimum absolute atomic E-state index is 0.00197. The van der Waals surface area contributed by atoms with Crippen LogP contribution < -0.4 is 0 Å². The number of esters is 2. The largest absolute Gasteiger partial charge is 0.469 e. The highest BCUT2D eigenvalue weighted by Gasteiger charge is 2.21. The Morgan fingerprint density at radius 3 is 2.69 bits per heavy atom. The summed E-state index contributed by atoms with van der Waals surface area (Å²) in [5.74, 6) is -0.462. The summed E-state index contributed by atoms with van der Waals surface area (Å²) < 4.78 is 14.5. The molecule has 1 aromatic heterocycles. The van der Waals surface area contributed by atoms with Crippen molar-refractivity contribution < 1.29 is 23.5 Å². The first-order valence-corrected chi connectivity index (χ1v) is 4.91. The number of hydrogen-bond donors (Lipinski definition) is 0. The van der Waals surface area contributed by atoms with Crippen molar-refractivity contribution in [3.05, 3.63) is 23.2 Å². The number of ether oxygens (including phenoxy) is 2. The highest BCUT2D eigenvalue weighted by molar-refractivity contribution is 5.93. The Hall–Kier alpha value is -1.78. The van der Waals surface area contributed by atoms with E-state index >= 15 is 0 Å². The SMILES string of the molecule is CCOC(=O)c1c(CC(=O)OC)coc1C. The van der Waals surface area contributed by atoms with Crippen LogP contribution in [0.3, 0.4) is 0 Å². The topological polar surface area (TPSA) is 65.7 Å². The van der Waals surface area contributed by atoms with Crippen molar-refractivity contribution in [2.45, 2.75) is 20.3 Å². The van der Waals surface area contributed by atoms with Crippen LogP contribution in [0, 0.1) is 6.92 Å². The van der Waals surface area contributed by atoms with E-state index in [1.54, 1.807) is 13.8 Å². The molecule has 16 heavy (non-hydrogen) atoms. The molecule has 0 bridgehead atoms. The molecule has 0 aliphatic rings. The summed E-state index contributed by atoms with van der Waals surface area (Å²) in [5, 5.41) is 0. The molecule has 0 saturated heterocycles. The van der Waals surface area contributed by atoms with Gasteiger partial charge in [-0.15, -0.1) is 0 Å². The van der Waals surface area contributed by atoms with E-state index in [1.807, 2.05) is 0 Å². The van der Waals surface area contributed by atoms with Crippen LogP contribution in [-0.2, 0) is 20.7 Å². The second-order valence-electron chi connectivity index (χ2n) is 3.17. The summed E-state index contributed by atoms with van der Waals surface area (Å²) in [6, 6.07) is 0. The number of carbonyl (C=O) groups is 2. The van der Waals surface area contributed by atoms with Crippen molar-refractivity contribution in [1.82, 2.24) is 0 Å². The maximum absolute atomic E-state index is 11.6. The monoisotopic (exact) mass is 226 g/mol. The zero-order valence-corrected chi connectivity index (χ0v) is 9.53. The van der Waals surface area contributed by atoms with Gasteiger partial charge in [0.25, 0.3) is 0 Å².